The molecule has 1 unspecified atom stereocenters. The molecule has 2 aromatic rings. The molecule has 7 nitrogen and oxygen atoms in total. The third-order valence-electron chi connectivity index (χ3n) is 3.54. The third kappa shape index (κ3) is 4.71. The number of sulfonamides is 1. The smallest absolute Gasteiger partial charge is 0.305 e. The van der Waals surface area contributed by atoms with Gasteiger partial charge in [-0.1, -0.05) is 30.3 Å². The first-order chi connectivity index (χ1) is 11.9. The number of carboxylic acids is 1. The highest BCUT2D eigenvalue weighted by molar-refractivity contribution is 7.89. The first-order valence-corrected chi connectivity index (χ1v) is 8.87. The highest BCUT2D eigenvalue weighted by Crippen LogP contribution is 2.30. The standard InChI is InChI=1S/C17H19NO6S/c1-23-13-8-9-15(24-2)16(10-13)25(21,22)18-14(11-17(19)20)12-6-4-3-5-7-12/h3-10,14,18H,11H2,1-2H3,(H,19,20). The van der Waals surface area contributed by atoms with Crippen molar-refractivity contribution in [2.45, 2.75) is 17.4 Å². The molecular weight excluding hydrogens is 346 g/mol. The first-order valence-electron chi connectivity index (χ1n) is 7.38. The van der Waals surface area contributed by atoms with Gasteiger partial charge in [0.2, 0.25) is 10.0 Å². The minimum atomic E-state index is -4.05. The van der Waals surface area contributed by atoms with Gasteiger partial charge in [-0.05, 0) is 17.7 Å². The molecule has 0 fully saturated rings. The Kier molecular flexibility index (Phi) is 6.00. The Morgan fingerprint density at radius 3 is 2.36 bits per heavy atom. The Morgan fingerprint density at radius 2 is 1.80 bits per heavy atom. The quantitative estimate of drug-likeness (QED) is 0.744. The van der Waals surface area contributed by atoms with E-state index in [1.807, 2.05) is 0 Å². The number of methoxy groups -OCH3 is 2. The number of ether oxygens (including phenoxy) is 2. The summed E-state index contributed by atoms with van der Waals surface area (Å²) in [5.74, 6) is -0.639. The minimum Gasteiger partial charge on any atom is -0.497 e. The fourth-order valence-corrected chi connectivity index (χ4v) is 3.74. The van der Waals surface area contributed by atoms with Crippen molar-refractivity contribution >= 4 is 16.0 Å². The number of nitrogens with one attached hydrogen (secondary N) is 1. The zero-order valence-corrected chi connectivity index (χ0v) is 14.6. The molecule has 0 aliphatic rings. The minimum absolute atomic E-state index is 0.124. The van der Waals surface area contributed by atoms with Gasteiger partial charge in [0, 0.05) is 6.07 Å². The predicted molar refractivity (Wildman–Crippen MR) is 91.3 cm³/mol. The monoisotopic (exact) mass is 365 g/mol. The molecule has 0 radical (unpaired) electrons. The van der Waals surface area contributed by atoms with Gasteiger partial charge in [0.15, 0.2) is 0 Å². The van der Waals surface area contributed by atoms with E-state index in [-0.39, 0.29) is 10.6 Å². The zero-order chi connectivity index (χ0) is 18.4. The topological polar surface area (TPSA) is 102 Å². The van der Waals surface area contributed by atoms with Crippen molar-refractivity contribution in [1.82, 2.24) is 4.72 Å². The largest absolute Gasteiger partial charge is 0.497 e. The number of aliphatic carboxylic acids is 1. The molecule has 134 valence electrons. The van der Waals surface area contributed by atoms with Crippen molar-refractivity contribution in [3.63, 3.8) is 0 Å². The van der Waals surface area contributed by atoms with E-state index in [1.54, 1.807) is 36.4 Å². The van der Waals surface area contributed by atoms with Crippen molar-refractivity contribution in [1.29, 1.82) is 0 Å². The molecule has 0 spiro atoms. The fraction of sp³-hybridized carbons (Fsp3) is 0.235. The number of carboxylic acid groups (broad SMARTS) is 1. The van der Waals surface area contributed by atoms with Crippen molar-refractivity contribution < 1.29 is 27.8 Å². The molecule has 0 aliphatic heterocycles. The summed E-state index contributed by atoms with van der Waals surface area (Å²) < 4.78 is 38.2. The second-order valence-electron chi connectivity index (χ2n) is 5.20. The molecule has 25 heavy (non-hydrogen) atoms. The molecule has 0 saturated heterocycles. The molecule has 2 aromatic carbocycles. The van der Waals surface area contributed by atoms with Gasteiger partial charge >= 0.3 is 5.97 Å². The molecule has 0 amide bonds. The van der Waals surface area contributed by atoms with Crippen LogP contribution in [0, 0.1) is 0 Å². The van der Waals surface area contributed by atoms with Gasteiger partial charge in [-0.3, -0.25) is 4.79 Å². The van der Waals surface area contributed by atoms with E-state index in [0.717, 1.165) is 0 Å². The van der Waals surface area contributed by atoms with Crippen LogP contribution in [-0.4, -0.2) is 33.7 Å². The molecule has 8 heteroatoms. The SMILES string of the molecule is COc1ccc(OC)c(S(=O)(=O)NC(CC(=O)O)c2ccccc2)c1. The summed E-state index contributed by atoms with van der Waals surface area (Å²) in [6.07, 6.45) is -0.393. The summed E-state index contributed by atoms with van der Waals surface area (Å²) in [5.41, 5.74) is 0.551. The number of carbonyl (C=O) groups is 1. The van der Waals surface area contributed by atoms with Gasteiger partial charge < -0.3 is 14.6 Å². The van der Waals surface area contributed by atoms with Crippen molar-refractivity contribution in [2.24, 2.45) is 0 Å². The number of benzene rings is 2. The summed E-state index contributed by atoms with van der Waals surface area (Å²) in [5, 5.41) is 9.12. The van der Waals surface area contributed by atoms with Crippen LogP contribution in [0.4, 0.5) is 0 Å². The van der Waals surface area contributed by atoms with Crippen LogP contribution >= 0.6 is 0 Å². The van der Waals surface area contributed by atoms with Crippen molar-refractivity contribution in [2.75, 3.05) is 14.2 Å². The maximum Gasteiger partial charge on any atom is 0.305 e. The first kappa shape index (κ1) is 18.8. The van der Waals surface area contributed by atoms with Crippen molar-refractivity contribution in [3.8, 4) is 11.5 Å². The molecule has 0 saturated carbocycles. The summed E-state index contributed by atoms with van der Waals surface area (Å²) in [6.45, 7) is 0. The average Bonchev–Trinajstić information content (AvgIpc) is 2.60. The summed E-state index contributed by atoms with van der Waals surface area (Å²) in [4.78, 5) is 11.0. The Morgan fingerprint density at radius 1 is 1.12 bits per heavy atom. The third-order valence-corrected chi connectivity index (χ3v) is 5.03. The highest BCUT2D eigenvalue weighted by Gasteiger charge is 2.26. The van der Waals surface area contributed by atoms with E-state index < -0.39 is 28.5 Å². The van der Waals surface area contributed by atoms with Crippen LogP contribution in [0.15, 0.2) is 53.4 Å². The maximum atomic E-state index is 12.8. The number of rotatable bonds is 8. The molecule has 2 N–H and O–H groups in total. The molecule has 1 atom stereocenters. The Hall–Kier alpha value is -2.58. The van der Waals surface area contributed by atoms with Crippen LogP contribution in [0.2, 0.25) is 0 Å². The molecule has 0 aromatic heterocycles. The second kappa shape index (κ2) is 8.00. The second-order valence-corrected chi connectivity index (χ2v) is 6.88. The number of hydrogen-bond acceptors (Lipinski definition) is 5. The van der Waals surface area contributed by atoms with Gasteiger partial charge in [-0.15, -0.1) is 0 Å². The van der Waals surface area contributed by atoms with Gasteiger partial charge in [0.25, 0.3) is 0 Å². The van der Waals surface area contributed by atoms with Gasteiger partial charge in [-0.2, -0.15) is 0 Å². The molecule has 0 heterocycles. The molecular formula is C17H19NO6S. The van der Waals surface area contributed by atoms with Crippen LogP contribution in [0.3, 0.4) is 0 Å². The molecule has 0 aliphatic carbocycles. The summed E-state index contributed by atoms with van der Waals surface area (Å²) >= 11 is 0. The lowest BCUT2D eigenvalue weighted by atomic mass is 10.1. The van der Waals surface area contributed by atoms with Crippen LogP contribution in [0.1, 0.15) is 18.0 Å². The Bertz CT molecular complexity index is 835. The highest BCUT2D eigenvalue weighted by atomic mass is 32.2. The normalized spacial score (nSPS) is 12.4. The van der Waals surface area contributed by atoms with E-state index in [9.17, 15) is 13.2 Å². The van der Waals surface area contributed by atoms with E-state index in [1.165, 1.54) is 26.4 Å². The Labute approximate surface area is 146 Å². The maximum absolute atomic E-state index is 12.8. The lowest BCUT2D eigenvalue weighted by Crippen LogP contribution is -2.30. The zero-order valence-electron chi connectivity index (χ0n) is 13.8. The van der Waals surface area contributed by atoms with Crippen LogP contribution in [0.5, 0.6) is 11.5 Å². The Balaban J connectivity index is 2.42. The number of hydrogen-bond donors (Lipinski definition) is 2. The lowest BCUT2D eigenvalue weighted by molar-refractivity contribution is -0.137. The predicted octanol–water partition coefficient (Wildman–Crippen LogP) is 2.20. The average molecular weight is 365 g/mol. The van der Waals surface area contributed by atoms with Crippen LogP contribution < -0.4 is 14.2 Å². The fourth-order valence-electron chi connectivity index (χ4n) is 2.33. The van der Waals surface area contributed by atoms with Gasteiger partial charge in [0.05, 0.1) is 26.7 Å². The van der Waals surface area contributed by atoms with E-state index >= 15 is 0 Å². The van der Waals surface area contributed by atoms with Crippen LogP contribution in [-0.2, 0) is 14.8 Å². The molecule has 2 rings (SSSR count). The van der Waals surface area contributed by atoms with Gasteiger partial charge in [-0.25, -0.2) is 13.1 Å². The van der Waals surface area contributed by atoms with Gasteiger partial charge in [0.1, 0.15) is 16.4 Å². The summed E-state index contributed by atoms with van der Waals surface area (Å²) in [6, 6.07) is 12.0. The van der Waals surface area contributed by atoms with E-state index in [4.69, 9.17) is 14.6 Å². The lowest BCUT2D eigenvalue weighted by Gasteiger charge is -2.19. The van der Waals surface area contributed by atoms with E-state index in [2.05, 4.69) is 4.72 Å². The van der Waals surface area contributed by atoms with Crippen LogP contribution in [0.25, 0.3) is 0 Å². The van der Waals surface area contributed by atoms with Crippen molar-refractivity contribution in [3.05, 3.63) is 54.1 Å². The van der Waals surface area contributed by atoms with E-state index in [0.29, 0.717) is 11.3 Å². The summed E-state index contributed by atoms with van der Waals surface area (Å²) in [7, 11) is -1.27. The molecule has 0 bridgehead atoms.